The Labute approximate surface area is 192 Å². The maximum absolute atomic E-state index is 14.4. The van der Waals surface area contributed by atoms with Crippen molar-refractivity contribution in [3.8, 4) is 17.2 Å². The minimum atomic E-state index is -4.05. The van der Waals surface area contributed by atoms with Crippen LogP contribution in [0.4, 0.5) is 14.9 Å². The molecule has 170 valence electrons. The third-order valence-corrected chi connectivity index (χ3v) is 6.82. The second kappa shape index (κ2) is 9.79. The molecule has 7 nitrogen and oxygen atoms in total. The molecular formula is C24H23FN4O3S. The molecule has 1 heterocycles. The summed E-state index contributed by atoms with van der Waals surface area (Å²) in [6.45, 7) is 5.13. The molecule has 2 aromatic carbocycles. The van der Waals surface area contributed by atoms with Crippen LogP contribution in [0.1, 0.15) is 48.8 Å². The number of rotatable bonds is 6. The Bertz CT molecular complexity index is 1320. The number of carbonyl (C=O) groups excluding carboxylic acids is 1. The number of nitrogens with zero attached hydrogens (tertiary/aromatic N) is 2. The van der Waals surface area contributed by atoms with E-state index < -0.39 is 27.1 Å². The fourth-order valence-electron chi connectivity index (χ4n) is 3.37. The Balaban J connectivity index is 1.98. The number of hydrogen-bond acceptors (Lipinski definition) is 5. The van der Waals surface area contributed by atoms with Crippen molar-refractivity contribution >= 4 is 21.7 Å². The number of urea groups is 1. The van der Waals surface area contributed by atoms with E-state index in [1.165, 1.54) is 31.3 Å². The summed E-state index contributed by atoms with van der Waals surface area (Å²) in [6.07, 6.45) is 1.41. The van der Waals surface area contributed by atoms with Crippen molar-refractivity contribution in [2.45, 2.75) is 31.9 Å². The number of anilines is 1. The highest BCUT2D eigenvalue weighted by atomic mass is 32.2. The normalized spacial score (nSPS) is 12.1. The van der Waals surface area contributed by atoms with Gasteiger partial charge in [-0.15, -0.1) is 0 Å². The largest absolute Gasteiger partial charge is 0.332 e. The van der Waals surface area contributed by atoms with Crippen LogP contribution in [-0.2, 0) is 10.0 Å². The molecule has 0 saturated carbocycles. The Morgan fingerprint density at radius 1 is 1.09 bits per heavy atom. The van der Waals surface area contributed by atoms with E-state index >= 15 is 0 Å². The minimum absolute atomic E-state index is 0.123. The molecule has 3 aromatic rings. The van der Waals surface area contributed by atoms with Gasteiger partial charge >= 0.3 is 6.03 Å². The Kier molecular flexibility index (Phi) is 7.09. The van der Waals surface area contributed by atoms with Gasteiger partial charge < -0.3 is 5.32 Å². The third-order valence-electron chi connectivity index (χ3n) is 5.15. The maximum atomic E-state index is 14.4. The molecule has 0 aliphatic carbocycles. The molecule has 0 radical (unpaired) electrons. The van der Waals surface area contributed by atoms with E-state index in [2.05, 4.69) is 10.3 Å². The molecule has 2 N–H and O–H groups in total. The van der Waals surface area contributed by atoms with E-state index in [0.717, 1.165) is 0 Å². The maximum Gasteiger partial charge on any atom is 0.332 e. The number of nitrogens with one attached hydrogen (secondary N) is 2. The molecule has 1 unspecified atom stereocenters. The first-order valence-corrected chi connectivity index (χ1v) is 11.7. The van der Waals surface area contributed by atoms with Crippen LogP contribution in [0.2, 0.25) is 0 Å². The van der Waals surface area contributed by atoms with E-state index in [4.69, 9.17) is 5.26 Å². The molecule has 0 fully saturated rings. The smallest absolute Gasteiger partial charge is 0.306 e. The van der Waals surface area contributed by atoms with Crippen LogP contribution in [0.5, 0.6) is 0 Å². The van der Waals surface area contributed by atoms with Crippen LogP contribution < -0.4 is 10.0 Å². The Morgan fingerprint density at radius 3 is 2.42 bits per heavy atom. The zero-order valence-corrected chi connectivity index (χ0v) is 19.2. The van der Waals surface area contributed by atoms with Gasteiger partial charge in [-0.3, -0.25) is 0 Å². The quantitative estimate of drug-likeness (QED) is 0.525. The molecule has 1 atom stereocenters. The zero-order chi connectivity index (χ0) is 24.2. The molecule has 33 heavy (non-hydrogen) atoms. The summed E-state index contributed by atoms with van der Waals surface area (Å²) in [5.74, 6) is -0.716. The van der Waals surface area contributed by atoms with Crippen molar-refractivity contribution in [1.29, 1.82) is 5.26 Å². The standard InChI is InChI=1S/C24H23FN4O3S/c1-15(2)21-12-19(25)13-22(18-9-10-27-20(11-18)14-26)23(21)28-24(30)29-33(31,32)16(3)17-7-5-4-6-8-17/h4-13,15-16H,1-3H3,(H2,28,29,30). The summed E-state index contributed by atoms with van der Waals surface area (Å²) in [7, 11) is -4.05. The van der Waals surface area contributed by atoms with Crippen molar-refractivity contribution < 1.29 is 17.6 Å². The fraction of sp³-hybridized carbons (Fsp3) is 0.208. The van der Waals surface area contributed by atoms with Gasteiger partial charge in [0.05, 0.1) is 5.69 Å². The predicted octanol–water partition coefficient (Wildman–Crippen LogP) is 5.10. The molecule has 9 heteroatoms. The summed E-state index contributed by atoms with van der Waals surface area (Å²) < 4.78 is 42.0. The molecule has 0 aliphatic heterocycles. The molecule has 3 rings (SSSR count). The molecule has 0 spiro atoms. The van der Waals surface area contributed by atoms with E-state index in [1.54, 1.807) is 36.4 Å². The van der Waals surface area contributed by atoms with Gasteiger partial charge in [-0.1, -0.05) is 44.2 Å². The number of hydrogen-bond donors (Lipinski definition) is 2. The van der Waals surface area contributed by atoms with Gasteiger partial charge in [-0.2, -0.15) is 5.26 Å². The van der Waals surface area contributed by atoms with Gasteiger partial charge in [0, 0.05) is 11.8 Å². The third kappa shape index (κ3) is 5.54. The number of pyridine rings is 1. The van der Waals surface area contributed by atoms with Crippen molar-refractivity contribution in [3.63, 3.8) is 0 Å². The fourth-order valence-corrected chi connectivity index (χ4v) is 4.37. The first-order valence-electron chi connectivity index (χ1n) is 10.2. The van der Waals surface area contributed by atoms with Crippen LogP contribution in [0.3, 0.4) is 0 Å². The Hall–Kier alpha value is -3.77. The number of amides is 2. The summed E-state index contributed by atoms with van der Waals surface area (Å²) in [5.41, 5.74) is 2.15. The number of benzene rings is 2. The highest BCUT2D eigenvalue weighted by Gasteiger charge is 2.26. The topological polar surface area (TPSA) is 112 Å². The lowest BCUT2D eigenvalue weighted by molar-refractivity contribution is 0.256. The number of sulfonamides is 1. The highest BCUT2D eigenvalue weighted by molar-refractivity contribution is 7.90. The monoisotopic (exact) mass is 466 g/mol. The van der Waals surface area contributed by atoms with E-state index in [-0.39, 0.29) is 17.3 Å². The number of nitriles is 1. The van der Waals surface area contributed by atoms with Crippen molar-refractivity contribution in [2.24, 2.45) is 0 Å². The number of aromatic nitrogens is 1. The minimum Gasteiger partial charge on any atom is -0.306 e. The number of carbonyl (C=O) groups is 1. The van der Waals surface area contributed by atoms with Gasteiger partial charge in [0.1, 0.15) is 22.8 Å². The molecule has 1 aromatic heterocycles. The molecule has 0 saturated heterocycles. The van der Waals surface area contributed by atoms with Crippen LogP contribution in [0, 0.1) is 17.1 Å². The van der Waals surface area contributed by atoms with Gasteiger partial charge in [0.25, 0.3) is 0 Å². The van der Waals surface area contributed by atoms with Gasteiger partial charge in [-0.25, -0.2) is 27.3 Å². The lowest BCUT2D eigenvalue weighted by atomic mass is 9.94. The Morgan fingerprint density at radius 2 is 1.79 bits per heavy atom. The van der Waals surface area contributed by atoms with E-state index in [9.17, 15) is 17.6 Å². The molecule has 0 aliphatic rings. The van der Waals surface area contributed by atoms with Crippen LogP contribution in [-0.4, -0.2) is 19.4 Å². The van der Waals surface area contributed by atoms with Crippen molar-refractivity contribution in [3.05, 3.63) is 83.4 Å². The van der Waals surface area contributed by atoms with Gasteiger partial charge in [0.15, 0.2) is 0 Å². The highest BCUT2D eigenvalue weighted by Crippen LogP contribution is 2.36. The van der Waals surface area contributed by atoms with Crippen LogP contribution in [0.15, 0.2) is 60.8 Å². The molecule has 0 bridgehead atoms. The summed E-state index contributed by atoms with van der Waals surface area (Å²) in [6, 6.07) is 15.0. The molecular weight excluding hydrogens is 443 g/mol. The van der Waals surface area contributed by atoms with Crippen molar-refractivity contribution in [1.82, 2.24) is 9.71 Å². The average Bonchev–Trinajstić information content (AvgIpc) is 2.79. The number of halogens is 1. The SMILES string of the molecule is CC(C)c1cc(F)cc(-c2ccnc(C#N)c2)c1NC(=O)NS(=O)(=O)C(C)c1ccccc1. The van der Waals surface area contributed by atoms with Crippen LogP contribution in [0.25, 0.3) is 11.1 Å². The summed E-state index contributed by atoms with van der Waals surface area (Å²) in [5, 5.41) is 10.8. The lowest BCUT2D eigenvalue weighted by Gasteiger charge is -2.20. The van der Waals surface area contributed by atoms with Gasteiger partial charge in [0.2, 0.25) is 10.0 Å². The first-order chi connectivity index (χ1) is 15.6. The predicted molar refractivity (Wildman–Crippen MR) is 124 cm³/mol. The average molecular weight is 467 g/mol. The summed E-state index contributed by atoms with van der Waals surface area (Å²) in [4.78, 5) is 16.7. The first kappa shape index (κ1) is 23.9. The van der Waals surface area contributed by atoms with Gasteiger partial charge in [-0.05, 0) is 53.8 Å². The second-order valence-corrected chi connectivity index (χ2v) is 9.77. The molecule has 2 amide bonds. The second-order valence-electron chi connectivity index (χ2n) is 7.77. The van der Waals surface area contributed by atoms with Crippen LogP contribution >= 0.6 is 0 Å². The zero-order valence-electron chi connectivity index (χ0n) is 18.3. The van der Waals surface area contributed by atoms with E-state index in [0.29, 0.717) is 22.3 Å². The summed E-state index contributed by atoms with van der Waals surface area (Å²) >= 11 is 0. The lowest BCUT2D eigenvalue weighted by Crippen LogP contribution is -2.37. The van der Waals surface area contributed by atoms with E-state index in [1.807, 2.05) is 24.6 Å². The van der Waals surface area contributed by atoms with Crippen molar-refractivity contribution in [2.75, 3.05) is 5.32 Å².